The maximum absolute atomic E-state index is 14.1. The molecule has 0 radical (unpaired) electrons. The van der Waals surface area contributed by atoms with E-state index in [2.05, 4.69) is 15.6 Å². The van der Waals surface area contributed by atoms with Crippen LogP contribution in [0.15, 0.2) is 53.2 Å². The zero-order valence-corrected chi connectivity index (χ0v) is 19.4. The van der Waals surface area contributed by atoms with Gasteiger partial charge < -0.3 is 14.6 Å². The standard InChI is InChI=1S/C22H16Cl3FN4O3/c1-12-16(11-32-14-7-5-13(23)6-8-14)20(29-33-12)22(31)27-21-18(25)10-30(28-21)9-15-17(24)3-2-4-19(15)26/h2-8,10H,9,11H2,1H3,(H,27,28,31). The molecule has 4 aromatic rings. The second-order valence-electron chi connectivity index (χ2n) is 6.99. The molecular formula is C22H16Cl3FN4O3. The van der Waals surface area contributed by atoms with Crippen LogP contribution in [0, 0.1) is 12.7 Å². The molecule has 0 saturated heterocycles. The van der Waals surface area contributed by atoms with Crippen molar-refractivity contribution in [1.82, 2.24) is 14.9 Å². The molecule has 0 aliphatic rings. The zero-order valence-electron chi connectivity index (χ0n) is 17.1. The van der Waals surface area contributed by atoms with Crippen LogP contribution in [0.4, 0.5) is 10.2 Å². The van der Waals surface area contributed by atoms with Crippen molar-refractivity contribution in [1.29, 1.82) is 0 Å². The number of carbonyl (C=O) groups is 1. The van der Waals surface area contributed by atoms with Crippen molar-refractivity contribution in [2.24, 2.45) is 0 Å². The summed E-state index contributed by atoms with van der Waals surface area (Å²) in [7, 11) is 0. The minimum Gasteiger partial charge on any atom is -0.489 e. The number of nitrogens with one attached hydrogen (secondary N) is 1. The van der Waals surface area contributed by atoms with E-state index in [9.17, 15) is 9.18 Å². The van der Waals surface area contributed by atoms with Crippen molar-refractivity contribution < 1.29 is 18.4 Å². The number of carbonyl (C=O) groups excluding carboxylic acids is 1. The normalized spacial score (nSPS) is 10.9. The smallest absolute Gasteiger partial charge is 0.279 e. The van der Waals surface area contributed by atoms with E-state index >= 15 is 0 Å². The van der Waals surface area contributed by atoms with Gasteiger partial charge in [-0.3, -0.25) is 9.48 Å². The molecule has 0 fully saturated rings. The summed E-state index contributed by atoms with van der Waals surface area (Å²) in [5.74, 6) is 0.0278. The molecule has 2 aromatic carbocycles. The Labute approximate surface area is 203 Å². The number of nitrogens with zero attached hydrogens (tertiary/aromatic N) is 3. The predicted molar refractivity (Wildman–Crippen MR) is 123 cm³/mol. The van der Waals surface area contributed by atoms with Crippen LogP contribution in [-0.2, 0) is 13.2 Å². The van der Waals surface area contributed by atoms with Gasteiger partial charge in [0.05, 0.1) is 12.1 Å². The van der Waals surface area contributed by atoms with E-state index in [4.69, 9.17) is 44.1 Å². The van der Waals surface area contributed by atoms with Gasteiger partial charge in [-0.15, -0.1) is 0 Å². The van der Waals surface area contributed by atoms with Gasteiger partial charge in [-0.05, 0) is 43.3 Å². The third-order valence-electron chi connectivity index (χ3n) is 4.73. The molecule has 1 amide bonds. The molecule has 11 heteroatoms. The largest absolute Gasteiger partial charge is 0.489 e. The topological polar surface area (TPSA) is 82.2 Å². The molecule has 7 nitrogen and oxygen atoms in total. The first kappa shape index (κ1) is 23.1. The molecule has 0 atom stereocenters. The van der Waals surface area contributed by atoms with Crippen LogP contribution >= 0.6 is 34.8 Å². The number of aromatic nitrogens is 3. The SMILES string of the molecule is Cc1onc(C(=O)Nc2nn(Cc3c(F)cccc3Cl)cc2Cl)c1COc1ccc(Cl)cc1. The molecule has 4 rings (SSSR count). The van der Waals surface area contributed by atoms with Crippen molar-refractivity contribution in [3.05, 3.63) is 92.1 Å². The molecule has 0 bridgehead atoms. The van der Waals surface area contributed by atoms with Crippen molar-refractivity contribution in [2.75, 3.05) is 5.32 Å². The summed E-state index contributed by atoms with van der Waals surface area (Å²) in [4.78, 5) is 12.8. The van der Waals surface area contributed by atoms with Gasteiger partial charge in [0, 0.05) is 21.8 Å². The third kappa shape index (κ3) is 5.30. The molecule has 0 spiro atoms. The molecule has 0 saturated carbocycles. The number of halogens is 4. The average Bonchev–Trinajstić information content (AvgIpc) is 3.32. The fraction of sp³-hybridized carbons (Fsp3) is 0.136. The number of benzene rings is 2. The molecule has 33 heavy (non-hydrogen) atoms. The van der Waals surface area contributed by atoms with E-state index in [0.717, 1.165) is 0 Å². The van der Waals surface area contributed by atoms with Gasteiger partial charge in [-0.1, -0.05) is 46.0 Å². The lowest BCUT2D eigenvalue weighted by Crippen LogP contribution is -2.16. The average molecular weight is 510 g/mol. The third-order valence-corrected chi connectivity index (χ3v) is 5.61. The van der Waals surface area contributed by atoms with Crippen molar-refractivity contribution in [3.8, 4) is 5.75 Å². The quantitative estimate of drug-likeness (QED) is 0.323. The predicted octanol–water partition coefficient (Wildman–Crippen LogP) is 6.16. The Kier molecular flexibility index (Phi) is 6.88. The van der Waals surface area contributed by atoms with Gasteiger partial charge in [0.1, 0.15) is 29.0 Å². The highest BCUT2D eigenvalue weighted by Crippen LogP contribution is 2.25. The van der Waals surface area contributed by atoms with Crippen LogP contribution in [0.3, 0.4) is 0 Å². The maximum atomic E-state index is 14.1. The fourth-order valence-electron chi connectivity index (χ4n) is 3.00. The van der Waals surface area contributed by atoms with E-state index in [1.165, 1.54) is 23.0 Å². The van der Waals surface area contributed by atoms with E-state index < -0.39 is 11.7 Å². The highest BCUT2D eigenvalue weighted by atomic mass is 35.5. The summed E-state index contributed by atoms with van der Waals surface area (Å²) in [6, 6.07) is 11.2. The first-order chi connectivity index (χ1) is 15.8. The summed E-state index contributed by atoms with van der Waals surface area (Å²) in [5.41, 5.74) is 0.755. The van der Waals surface area contributed by atoms with Crippen molar-refractivity contribution in [3.63, 3.8) is 0 Å². The van der Waals surface area contributed by atoms with Crippen LogP contribution in [0.2, 0.25) is 15.1 Å². The molecule has 170 valence electrons. The van der Waals surface area contributed by atoms with E-state index in [1.54, 1.807) is 37.3 Å². The summed E-state index contributed by atoms with van der Waals surface area (Å²) >= 11 is 18.2. The highest BCUT2D eigenvalue weighted by molar-refractivity contribution is 6.33. The zero-order chi connectivity index (χ0) is 23.5. The molecule has 0 unspecified atom stereocenters. The molecule has 2 heterocycles. The van der Waals surface area contributed by atoms with Gasteiger partial charge in [-0.2, -0.15) is 5.10 Å². The summed E-state index contributed by atoms with van der Waals surface area (Å²) in [5, 5.41) is 11.6. The Morgan fingerprint density at radius 2 is 1.88 bits per heavy atom. The Bertz CT molecular complexity index is 1280. The van der Waals surface area contributed by atoms with Gasteiger partial charge in [-0.25, -0.2) is 4.39 Å². The van der Waals surface area contributed by atoms with Crippen LogP contribution < -0.4 is 10.1 Å². The Hall–Kier alpha value is -3.07. The molecule has 1 N–H and O–H groups in total. The summed E-state index contributed by atoms with van der Waals surface area (Å²) < 4.78 is 26.3. The lowest BCUT2D eigenvalue weighted by Gasteiger charge is -2.07. The van der Waals surface area contributed by atoms with Crippen LogP contribution in [0.5, 0.6) is 5.75 Å². The minimum atomic E-state index is -0.586. The number of ether oxygens (including phenoxy) is 1. The number of amides is 1. The Balaban J connectivity index is 1.48. The summed E-state index contributed by atoms with van der Waals surface area (Å²) in [6.45, 7) is 1.75. The first-order valence-corrected chi connectivity index (χ1v) is 10.8. The fourth-order valence-corrected chi connectivity index (χ4v) is 3.55. The summed E-state index contributed by atoms with van der Waals surface area (Å²) in [6.07, 6.45) is 1.46. The molecule has 2 aromatic heterocycles. The lowest BCUT2D eigenvalue weighted by atomic mass is 10.2. The number of aryl methyl sites for hydroxylation is 1. The number of anilines is 1. The van der Waals surface area contributed by atoms with Gasteiger partial charge in [0.15, 0.2) is 11.5 Å². The van der Waals surface area contributed by atoms with Crippen LogP contribution in [-0.4, -0.2) is 20.8 Å². The number of rotatable bonds is 7. The van der Waals surface area contributed by atoms with Crippen LogP contribution in [0.1, 0.15) is 27.4 Å². The second-order valence-corrected chi connectivity index (χ2v) is 8.24. The van der Waals surface area contributed by atoms with E-state index in [-0.39, 0.29) is 40.3 Å². The van der Waals surface area contributed by atoms with Crippen molar-refractivity contribution in [2.45, 2.75) is 20.1 Å². The molecular weight excluding hydrogens is 494 g/mol. The Morgan fingerprint density at radius 1 is 1.12 bits per heavy atom. The van der Waals surface area contributed by atoms with Gasteiger partial charge in [0.2, 0.25) is 0 Å². The maximum Gasteiger partial charge on any atom is 0.279 e. The minimum absolute atomic E-state index is 0.0317. The monoisotopic (exact) mass is 508 g/mol. The number of hydrogen-bond donors (Lipinski definition) is 1. The van der Waals surface area contributed by atoms with E-state index in [0.29, 0.717) is 22.1 Å². The van der Waals surface area contributed by atoms with E-state index in [1.807, 2.05) is 0 Å². The highest BCUT2D eigenvalue weighted by Gasteiger charge is 2.22. The molecule has 0 aliphatic carbocycles. The van der Waals surface area contributed by atoms with Crippen LogP contribution in [0.25, 0.3) is 0 Å². The van der Waals surface area contributed by atoms with Gasteiger partial charge >= 0.3 is 0 Å². The Morgan fingerprint density at radius 3 is 2.61 bits per heavy atom. The lowest BCUT2D eigenvalue weighted by molar-refractivity contribution is 0.101. The van der Waals surface area contributed by atoms with Crippen molar-refractivity contribution >= 4 is 46.5 Å². The second kappa shape index (κ2) is 9.82. The molecule has 0 aliphatic heterocycles. The first-order valence-electron chi connectivity index (χ1n) is 9.62. The number of hydrogen-bond acceptors (Lipinski definition) is 5. The van der Waals surface area contributed by atoms with Gasteiger partial charge in [0.25, 0.3) is 5.91 Å².